The van der Waals surface area contributed by atoms with Crippen LogP contribution in [-0.4, -0.2) is 61.3 Å². The number of carbonyl (C=O) groups excluding carboxylic acids is 2. The number of rotatable bonds is 10. The van der Waals surface area contributed by atoms with Crippen molar-refractivity contribution < 1.29 is 24.2 Å². The van der Waals surface area contributed by atoms with E-state index in [2.05, 4.69) is 29.6 Å². The fraction of sp³-hybridized carbons (Fsp3) is 0.206. The van der Waals surface area contributed by atoms with E-state index in [9.17, 15) is 19.5 Å². The first-order valence-corrected chi connectivity index (χ1v) is 13.8. The summed E-state index contributed by atoms with van der Waals surface area (Å²) >= 11 is 0. The van der Waals surface area contributed by atoms with Crippen molar-refractivity contribution in [1.82, 2.24) is 10.2 Å². The number of fused-ring (bicyclic) bond motifs is 3. The van der Waals surface area contributed by atoms with E-state index in [1.54, 1.807) is 19.2 Å². The van der Waals surface area contributed by atoms with Crippen LogP contribution in [0.2, 0.25) is 0 Å². The number of nitrogens with one attached hydrogen (secondary N) is 1. The Morgan fingerprint density at radius 1 is 0.810 bits per heavy atom. The van der Waals surface area contributed by atoms with Gasteiger partial charge >= 0.3 is 12.1 Å². The van der Waals surface area contributed by atoms with Crippen molar-refractivity contribution in [3.05, 3.63) is 125 Å². The van der Waals surface area contributed by atoms with Crippen molar-refractivity contribution in [1.29, 1.82) is 0 Å². The molecule has 1 aliphatic rings. The van der Waals surface area contributed by atoms with Crippen LogP contribution in [0, 0.1) is 0 Å². The monoisotopic (exact) mass is 563 g/mol. The van der Waals surface area contributed by atoms with Gasteiger partial charge in [-0.25, -0.2) is 9.59 Å². The number of benzene rings is 4. The van der Waals surface area contributed by atoms with Crippen LogP contribution >= 0.6 is 0 Å². The van der Waals surface area contributed by atoms with E-state index in [1.165, 1.54) is 17.0 Å². The molecular weight excluding hydrogens is 530 g/mol. The molecule has 0 spiro atoms. The van der Waals surface area contributed by atoms with Gasteiger partial charge in [-0.3, -0.25) is 9.69 Å². The molecule has 0 aromatic heterocycles. The maximum Gasteiger partial charge on any atom is 0.407 e. The van der Waals surface area contributed by atoms with Gasteiger partial charge in [-0.05, 0) is 59.1 Å². The number of carboxylic acids is 1. The van der Waals surface area contributed by atoms with Crippen molar-refractivity contribution in [2.45, 2.75) is 18.5 Å². The Kier molecular flexibility index (Phi) is 8.64. The molecule has 2 amide bonds. The quantitative estimate of drug-likeness (QED) is 0.269. The number of hydrogen-bond acceptors (Lipinski definition) is 5. The lowest BCUT2D eigenvalue weighted by Gasteiger charge is -2.28. The summed E-state index contributed by atoms with van der Waals surface area (Å²) in [5, 5.41) is 12.0. The van der Waals surface area contributed by atoms with E-state index < -0.39 is 18.1 Å². The SMILES string of the molecule is CN(Cc1ccccc1)CC(NC(=O)OCC1c2ccccc2-c2ccccc21)C(=O)N(C)c1ccc(C(=O)O)cc1. The summed E-state index contributed by atoms with van der Waals surface area (Å²) in [5.41, 5.74) is 6.18. The highest BCUT2D eigenvalue weighted by atomic mass is 16.5. The Morgan fingerprint density at radius 3 is 1.98 bits per heavy atom. The van der Waals surface area contributed by atoms with Gasteiger partial charge in [0, 0.05) is 31.7 Å². The zero-order chi connectivity index (χ0) is 29.6. The van der Waals surface area contributed by atoms with E-state index in [0.717, 1.165) is 27.8 Å². The lowest BCUT2D eigenvalue weighted by Crippen LogP contribution is -2.52. The summed E-state index contributed by atoms with van der Waals surface area (Å²) in [6.07, 6.45) is -0.682. The molecule has 0 radical (unpaired) electrons. The van der Waals surface area contributed by atoms with Crippen molar-refractivity contribution >= 4 is 23.7 Å². The largest absolute Gasteiger partial charge is 0.478 e. The molecule has 4 aromatic carbocycles. The van der Waals surface area contributed by atoms with Crippen molar-refractivity contribution in [3.63, 3.8) is 0 Å². The molecular formula is C34H33N3O5. The molecule has 0 saturated carbocycles. The Balaban J connectivity index is 1.30. The smallest absolute Gasteiger partial charge is 0.407 e. The highest BCUT2D eigenvalue weighted by molar-refractivity contribution is 5.99. The average Bonchev–Trinajstić information content (AvgIpc) is 3.33. The van der Waals surface area contributed by atoms with Gasteiger partial charge in [-0.15, -0.1) is 0 Å². The molecule has 1 atom stereocenters. The Bertz CT molecular complexity index is 1530. The zero-order valence-electron chi connectivity index (χ0n) is 23.6. The molecule has 0 aliphatic heterocycles. The summed E-state index contributed by atoms with van der Waals surface area (Å²) in [6, 6.07) is 31.2. The molecule has 4 aromatic rings. The number of amides is 2. The first-order valence-electron chi connectivity index (χ1n) is 13.8. The first kappa shape index (κ1) is 28.6. The second kappa shape index (κ2) is 12.7. The Hall–Kier alpha value is -4.95. The second-order valence-electron chi connectivity index (χ2n) is 10.5. The Labute approximate surface area is 245 Å². The number of anilines is 1. The van der Waals surface area contributed by atoms with Crippen LogP contribution < -0.4 is 10.2 Å². The molecule has 2 N–H and O–H groups in total. The van der Waals surface area contributed by atoms with Crippen molar-refractivity contribution in [3.8, 4) is 11.1 Å². The minimum absolute atomic E-state index is 0.103. The number of hydrogen-bond donors (Lipinski definition) is 2. The fourth-order valence-corrected chi connectivity index (χ4v) is 5.43. The van der Waals surface area contributed by atoms with Gasteiger partial charge in [0.05, 0.1) is 5.56 Å². The highest BCUT2D eigenvalue weighted by Gasteiger charge is 2.31. The number of nitrogens with zero attached hydrogens (tertiary/aromatic N) is 2. The normalized spacial score (nSPS) is 12.7. The van der Waals surface area contributed by atoms with Crippen LogP contribution in [0.25, 0.3) is 11.1 Å². The number of aromatic carboxylic acids is 1. The highest BCUT2D eigenvalue weighted by Crippen LogP contribution is 2.44. The van der Waals surface area contributed by atoms with Gasteiger partial charge in [-0.1, -0.05) is 78.9 Å². The molecule has 8 heteroatoms. The summed E-state index contributed by atoms with van der Waals surface area (Å²) < 4.78 is 5.74. The summed E-state index contributed by atoms with van der Waals surface area (Å²) in [5.74, 6) is -1.51. The first-order chi connectivity index (χ1) is 20.3. The number of carbonyl (C=O) groups is 3. The Morgan fingerprint density at radius 2 is 1.38 bits per heavy atom. The minimum atomic E-state index is -1.05. The molecule has 214 valence electrons. The molecule has 0 saturated heterocycles. The van der Waals surface area contributed by atoms with Crippen LogP contribution in [0.3, 0.4) is 0 Å². The van der Waals surface area contributed by atoms with Gasteiger partial charge in [-0.2, -0.15) is 0 Å². The van der Waals surface area contributed by atoms with Crippen molar-refractivity contribution in [2.24, 2.45) is 0 Å². The second-order valence-corrected chi connectivity index (χ2v) is 10.5. The average molecular weight is 564 g/mol. The predicted molar refractivity (Wildman–Crippen MR) is 162 cm³/mol. The van der Waals surface area contributed by atoms with Gasteiger partial charge < -0.3 is 20.1 Å². The molecule has 1 aliphatic carbocycles. The van der Waals surface area contributed by atoms with Crippen LogP contribution in [0.5, 0.6) is 0 Å². The molecule has 42 heavy (non-hydrogen) atoms. The van der Waals surface area contributed by atoms with Crippen LogP contribution in [0.1, 0.15) is 33.0 Å². The van der Waals surface area contributed by atoms with Gasteiger partial charge in [0.1, 0.15) is 12.6 Å². The summed E-state index contributed by atoms with van der Waals surface area (Å²) in [7, 11) is 3.48. The number of alkyl carbamates (subject to hydrolysis) is 1. The third-order valence-electron chi connectivity index (χ3n) is 7.56. The molecule has 0 fully saturated rings. The standard InChI is InChI=1S/C34H33N3O5/c1-36(20-23-10-4-3-5-11-23)21-31(32(38)37(2)25-18-16-24(17-19-25)33(39)40)35-34(41)42-22-30-28-14-8-6-12-26(28)27-13-7-9-15-29(27)30/h3-19,30-31H,20-22H2,1-2H3,(H,35,41)(H,39,40). The van der Waals surface area contributed by atoms with Gasteiger partial charge in [0.15, 0.2) is 0 Å². The third kappa shape index (κ3) is 6.34. The van der Waals surface area contributed by atoms with E-state index in [1.807, 2.05) is 66.5 Å². The van der Waals surface area contributed by atoms with E-state index in [0.29, 0.717) is 12.2 Å². The lowest BCUT2D eigenvalue weighted by molar-refractivity contribution is -0.120. The molecule has 0 bridgehead atoms. The van der Waals surface area contributed by atoms with Gasteiger partial charge in [0.2, 0.25) is 0 Å². The maximum absolute atomic E-state index is 13.7. The number of likely N-dealkylation sites (N-methyl/N-ethyl adjacent to an activating group) is 2. The van der Waals surface area contributed by atoms with E-state index in [-0.39, 0.29) is 30.5 Å². The number of carboxylic acid groups (broad SMARTS) is 1. The van der Waals surface area contributed by atoms with Crippen LogP contribution in [0.4, 0.5) is 10.5 Å². The molecule has 1 unspecified atom stereocenters. The van der Waals surface area contributed by atoms with Crippen LogP contribution in [-0.2, 0) is 16.1 Å². The number of ether oxygens (including phenoxy) is 1. The minimum Gasteiger partial charge on any atom is -0.478 e. The van der Waals surface area contributed by atoms with E-state index in [4.69, 9.17) is 4.74 Å². The topological polar surface area (TPSA) is 99.2 Å². The third-order valence-corrected chi connectivity index (χ3v) is 7.56. The molecule has 8 nitrogen and oxygen atoms in total. The summed E-state index contributed by atoms with van der Waals surface area (Å²) in [4.78, 5) is 41.5. The fourth-order valence-electron chi connectivity index (χ4n) is 5.43. The van der Waals surface area contributed by atoms with E-state index >= 15 is 0 Å². The lowest BCUT2D eigenvalue weighted by atomic mass is 9.98. The summed E-state index contributed by atoms with van der Waals surface area (Å²) in [6.45, 7) is 0.941. The predicted octanol–water partition coefficient (Wildman–Crippen LogP) is 5.39. The molecule has 5 rings (SSSR count). The zero-order valence-corrected chi connectivity index (χ0v) is 23.6. The maximum atomic E-state index is 13.7. The molecule has 0 heterocycles. The van der Waals surface area contributed by atoms with Crippen molar-refractivity contribution in [2.75, 3.05) is 32.1 Å². The van der Waals surface area contributed by atoms with Gasteiger partial charge in [0.25, 0.3) is 5.91 Å². The van der Waals surface area contributed by atoms with Crippen LogP contribution in [0.15, 0.2) is 103 Å².